The Morgan fingerprint density at radius 2 is 1.75 bits per heavy atom. The first-order valence-corrected chi connectivity index (χ1v) is 10.3. The van der Waals surface area contributed by atoms with Crippen molar-refractivity contribution >= 4 is 33.7 Å². The summed E-state index contributed by atoms with van der Waals surface area (Å²) in [5, 5.41) is 10.4. The zero-order valence-electron chi connectivity index (χ0n) is 17.9. The molecular weight excluding hydrogens is 408 g/mol. The van der Waals surface area contributed by atoms with E-state index in [1.807, 2.05) is 50.2 Å². The molecule has 0 aliphatic carbocycles. The number of nitrogens with zero attached hydrogens (tertiary/aromatic N) is 1. The largest absolute Gasteiger partial charge is 0.494 e. The van der Waals surface area contributed by atoms with Gasteiger partial charge in [0.25, 0.3) is 0 Å². The maximum absolute atomic E-state index is 12.3. The topological polar surface area (TPSA) is 104 Å². The molecule has 0 radical (unpaired) electrons. The van der Waals surface area contributed by atoms with Crippen LogP contribution in [0.4, 0.5) is 0 Å². The lowest BCUT2D eigenvalue weighted by molar-refractivity contribution is -0.139. The van der Waals surface area contributed by atoms with Gasteiger partial charge in [0, 0.05) is 16.5 Å². The summed E-state index contributed by atoms with van der Waals surface area (Å²) in [5.74, 6) is -0.456. The van der Waals surface area contributed by atoms with Crippen molar-refractivity contribution in [3.63, 3.8) is 0 Å². The van der Waals surface area contributed by atoms with Crippen LogP contribution in [0.5, 0.6) is 11.5 Å². The molecule has 3 aromatic carbocycles. The highest BCUT2D eigenvalue weighted by molar-refractivity contribution is 6.19. The SMILES string of the molecule is CCOc1ccccc1Cn1c2cc(C)cc(OCC(=O)O)c2c2c(C(N)=O)cccc21. The minimum atomic E-state index is -1.08. The number of aryl methyl sites for hydroxylation is 1. The molecule has 1 amide bonds. The van der Waals surface area contributed by atoms with Crippen LogP contribution in [0.15, 0.2) is 54.6 Å². The lowest BCUT2D eigenvalue weighted by Crippen LogP contribution is -2.11. The van der Waals surface area contributed by atoms with E-state index in [0.717, 1.165) is 27.9 Å². The molecule has 32 heavy (non-hydrogen) atoms. The Morgan fingerprint density at radius 3 is 2.47 bits per heavy atom. The lowest BCUT2D eigenvalue weighted by atomic mass is 10.0. The molecule has 0 unspecified atom stereocenters. The molecule has 0 aliphatic rings. The number of carbonyl (C=O) groups excluding carboxylic acids is 1. The van der Waals surface area contributed by atoms with Crippen molar-refractivity contribution < 1.29 is 24.2 Å². The Morgan fingerprint density at radius 1 is 0.969 bits per heavy atom. The molecule has 0 saturated carbocycles. The first kappa shape index (κ1) is 21.2. The summed E-state index contributed by atoms with van der Waals surface area (Å²) in [5.41, 5.74) is 9.55. The van der Waals surface area contributed by atoms with Gasteiger partial charge in [0.2, 0.25) is 5.91 Å². The molecule has 164 valence electrons. The van der Waals surface area contributed by atoms with E-state index in [9.17, 15) is 9.59 Å². The first-order valence-electron chi connectivity index (χ1n) is 10.3. The highest BCUT2D eigenvalue weighted by Gasteiger charge is 2.21. The van der Waals surface area contributed by atoms with E-state index in [4.69, 9.17) is 20.3 Å². The van der Waals surface area contributed by atoms with E-state index in [0.29, 0.717) is 35.2 Å². The zero-order chi connectivity index (χ0) is 22.8. The highest BCUT2D eigenvalue weighted by Crippen LogP contribution is 2.39. The fourth-order valence-corrected chi connectivity index (χ4v) is 4.09. The van der Waals surface area contributed by atoms with Gasteiger partial charge < -0.3 is 24.9 Å². The predicted octanol–water partition coefficient (Wildman–Crippen LogP) is 4.11. The van der Waals surface area contributed by atoms with Gasteiger partial charge >= 0.3 is 5.97 Å². The number of rotatable bonds is 8. The molecule has 1 heterocycles. The van der Waals surface area contributed by atoms with Crippen LogP contribution >= 0.6 is 0 Å². The number of amides is 1. The Labute approximate surface area is 185 Å². The third-order valence-electron chi connectivity index (χ3n) is 5.32. The van der Waals surface area contributed by atoms with Gasteiger partial charge in [-0.05, 0) is 49.7 Å². The van der Waals surface area contributed by atoms with E-state index >= 15 is 0 Å². The minimum absolute atomic E-state index is 0.355. The van der Waals surface area contributed by atoms with Gasteiger partial charge in [-0.2, -0.15) is 0 Å². The molecule has 0 spiro atoms. The average molecular weight is 432 g/mol. The maximum Gasteiger partial charge on any atom is 0.341 e. The minimum Gasteiger partial charge on any atom is -0.494 e. The van der Waals surface area contributed by atoms with Gasteiger partial charge in [-0.3, -0.25) is 4.79 Å². The summed E-state index contributed by atoms with van der Waals surface area (Å²) in [6, 6.07) is 17.0. The number of aromatic nitrogens is 1. The molecule has 0 saturated heterocycles. The lowest BCUT2D eigenvalue weighted by Gasteiger charge is -2.13. The van der Waals surface area contributed by atoms with Crippen LogP contribution in [0, 0.1) is 6.92 Å². The van der Waals surface area contributed by atoms with Crippen molar-refractivity contribution in [2.24, 2.45) is 5.73 Å². The monoisotopic (exact) mass is 432 g/mol. The van der Waals surface area contributed by atoms with Crippen LogP contribution in [-0.2, 0) is 11.3 Å². The number of hydrogen-bond acceptors (Lipinski definition) is 4. The number of hydrogen-bond donors (Lipinski definition) is 2. The van der Waals surface area contributed by atoms with E-state index in [2.05, 4.69) is 4.57 Å². The highest BCUT2D eigenvalue weighted by atomic mass is 16.5. The molecule has 3 N–H and O–H groups in total. The normalized spacial score (nSPS) is 11.1. The van der Waals surface area contributed by atoms with E-state index in [1.54, 1.807) is 18.2 Å². The smallest absolute Gasteiger partial charge is 0.341 e. The fourth-order valence-electron chi connectivity index (χ4n) is 4.09. The van der Waals surface area contributed by atoms with Gasteiger partial charge in [-0.25, -0.2) is 4.79 Å². The molecule has 4 aromatic rings. The van der Waals surface area contributed by atoms with Crippen molar-refractivity contribution in [1.29, 1.82) is 0 Å². The summed E-state index contributed by atoms with van der Waals surface area (Å²) < 4.78 is 13.5. The number of carboxylic acids is 1. The third kappa shape index (κ3) is 3.85. The predicted molar refractivity (Wildman–Crippen MR) is 123 cm³/mol. The molecule has 4 rings (SSSR count). The Balaban J connectivity index is 2.03. The summed E-state index contributed by atoms with van der Waals surface area (Å²) in [4.78, 5) is 23.4. The number of ether oxygens (including phenoxy) is 2. The Bertz CT molecular complexity index is 1340. The van der Waals surface area contributed by atoms with Crippen molar-refractivity contribution in [3.05, 3.63) is 71.3 Å². The number of aliphatic carboxylic acids is 1. The number of primary amides is 1. The molecule has 7 nitrogen and oxygen atoms in total. The number of carbonyl (C=O) groups is 2. The summed E-state index contributed by atoms with van der Waals surface area (Å²) in [6.45, 7) is 4.39. The van der Waals surface area contributed by atoms with Crippen molar-refractivity contribution in [2.75, 3.05) is 13.2 Å². The standard InChI is InChI=1S/C25H24N2O5/c1-3-31-20-10-5-4-7-16(20)13-27-18-9-6-8-17(25(26)30)23(18)24-19(27)11-15(2)12-21(24)32-14-22(28)29/h4-12H,3,13-14H2,1-2H3,(H2,26,30)(H,28,29). The summed E-state index contributed by atoms with van der Waals surface area (Å²) in [6.07, 6.45) is 0. The van der Waals surface area contributed by atoms with Gasteiger partial charge in [0.15, 0.2) is 6.61 Å². The zero-order valence-corrected chi connectivity index (χ0v) is 17.9. The Kier molecular flexibility index (Phi) is 5.73. The quantitative estimate of drug-likeness (QED) is 0.436. The van der Waals surface area contributed by atoms with E-state index in [-0.39, 0.29) is 0 Å². The van der Waals surface area contributed by atoms with Crippen LogP contribution in [0.25, 0.3) is 21.8 Å². The molecule has 0 atom stereocenters. The number of nitrogens with two attached hydrogens (primary N) is 1. The first-order chi connectivity index (χ1) is 15.4. The Hall–Kier alpha value is -4.00. The second-order valence-electron chi connectivity index (χ2n) is 7.53. The molecule has 0 aliphatic heterocycles. The van der Waals surface area contributed by atoms with Crippen LogP contribution < -0.4 is 15.2 Å². The molecule has 0 fully saturated rings. The van der Waals surface area contributed by atoms with Gasteiger partial charge in [-0.15, -0.1) is 0 Å². The van der Waals surface area contributed by atoms with Crippen molar-refractivity contribution in [2.45, 2.75) is 20.4 Å². The maximum atomic E-state index is 12.3. The van der Waals surface area contributed by atoms with Crippen LogP contribution in [0.1, 0.15) is 28.4 Å². The summed E-state index contributed by atoms with van der Waals surface area (Å²) >= 11 is 0. The number of carboxylic acid groups (broad SMARTS) is 1. The molecule has 7 heteroatoms. The van der Waals surface area contributed by atoms with Gasteiger partial charge in [-0.1, -0.05) is 24.3 Å². The molecular formula is C25H24N2O5. The fraction of sp³-hybridized carbons (Fsp3) is 0.200. The second-order valence-corrected chi connectivity index (χ2v) is 7.53. The molecule has 1 aromatic heterocycles. The van der Waals surface area contributed by atoms with Gasteiger partial charge in [0.05, 0.1) is 29.6 Å². The van der Waals surface area contributed by atoms with Crippen LogP contribution in [0.3, 0.4) is 0 Å². The van der Waals surface area contributed by atoms with E-state index < -0.39 is 18.5 Å². The van der Waals surface area contributed by atoms with Crippen molar-refractivity contribution in [3.8, 4) is 11.5 Å². The van der Waals surface area contributed by atoms with Gasteiger partial charge in [0.1, 0.15) is 11.5 Å². The number of benzene rings is 3. The second kappa shape index (κ2) is 8.63. The van der Waals surface area contributed by atoms with E-state index in [1.165, 1.54) is 0 Å². The number of fused-ring (bicyclic) bond motifs is 3. The molecule has 0 bridgehead atoms. The van der Waals surface area contributed by atoms with Crippen LogP contribution in [-0.4, -0.2) is 34.8 Å². The third-order valence-corrected chi connectivity index (χ3v) is 5.32. The average Bonchev–Trinajstić information content (AvgIpc) is 3.07. The van der Waals surface area contributed by atoms with Crippen molar-refractivity contribution in [1.82, 2.24) is 4.57 Å². The van der Waals surface area contributed by atoms with Crippen LogP contribution in [0.2, 0.25) is 0 Å². The summed E-state index contributed by atoms with van der Waals surface area (Å²) in [7, 11) is 0. The number of para-hydroxylation sites is 1.